The molecule has 1 amide bonds. The van der Waals surface area contributed by atoms with E-state index in [4.69, 9.17) is 22.3 Å². The first kappa shape index (κ1) is 14.9. The van der Waals surface area contributed by atoms with Crippen LogP contribution < -0.4 is 10.8 Å². The summed E-state index contributed by atoms with van der Waals surface area (Å²) in [7, 11) is 0. The highest BCUT2D eigenvalue weighted by atomic mass is 35.5. The molecule has 0 aromatic heterocycles. The Labute approximate surface area is 124 Å². The van der Waals surface area contributed by atoms with Crippen molar-refractivity contribution >= 4 is 23.2 Å². The fourth-order valence-corrected chi connectivity index (χ4v) is 2.54. The predicted molar refractivity (Wildman–Crippen MR) is 80.3 cm³/mol. The lowest BCUT2D eigenvalue weighted by molar-refractivity contribution is -0.116. The number of para-hydroxylation sites is 1. The van der Waals surface area contributed by atoms with E-state index in [0.717, 1.165) is 41.6 Å². The molecule has 1 aliphatic rings. The highest BCUT2D eigenvalue weighted by molar-refractivity contribution is 6.29. The van der Waals surface area contributed by atoms with Gasteiger partial charge in [0.2, 0.25) is 11.8 Å². The van der Waals surface area contributed by atoms with Gasteiger partial charge in [-0.05, 0) is 49.8 Å². The van der Waals surface area contributed by atoms with Gasteiger partial charge in [0.1, 0.15) is 5.88 Å². The second kappa shape index (κ2) is 6.29. The van der Waals surface area contributed by atoms with Crippen LogP contribution in [0.15, 0.2) is 29.7 Å². The maximum atomic E-state index is 12.3. The molecule has 108 valence electrons. The molecule has 0 radical (unpaired) electrons. The van der Waals surface area contributed by atoms with Crippen LogP contribution in [0.5, 0.6) is 0 Å². The van der Waals surface area contributed by atoms with Crippen LogP contribution >= 0.6 is 11.6 Å². The summed E-state index contributed by atoms with van der Waals surface area (Å²) >= 11 is 5.76. The van der Waals surface area contributed by atoms with Gasteiger partial charge in [-0.15, -0.1) is 11.6 Å². The van der Waals surface area contributed by atoms with E-state index in [1.54, 1.807) is 0 Å². The van der Waals surface area contributed by atoms with E-state index in [2.05, 4.69) is 0 Å². The van der Waals surface area contributed by atoms with Crippen LogP contribution in [-0.2, 0) is 9.63 Å². The molecule has 2 N–H and O–H groups in total. The highest BCUT2D eigenvalue weighted by Gasteiger charge is 2.28. The zero-order valence-corrected chi connectivity index (χ0v) is 12.5. The van der Waals surface area contributed by atoms with Gasteiger partial charge >= 0.3 is 0 Å². The number of aryl methyl sites for hydroxylation is 2. The van der Waals surface area contributed by atoms with Crippen molar-refractivity contribution < 1.29 is 9.63 Å². The first-order valence-corrected chi connectivity index (χ1v) is 7.17. The van der Waals surface area contributed by atoms with Crippen molar-refractivity contribution in [3.8, 4) is 0 Å². The van der Waals surface area contributed by atoms with Crippen molar-refractivity contribution in [3.63, 3.8) is 0 Å². The smallest absolute Gasteiger partial charge is 0.248 e. The molecule has 0 heterocycles. The number of anilines is 1. The predicted octanol–water partition coefficient (Wildman–Crippen LogP) is 3.16. The van der Waals surface area contributed by atoms with E-state index < -0.39 is 0 Å². The van der Waals surface area contributed by atoms with Gasteiger partial charge in [0.25, 0.3) is 0 Å². The van der Waals surface area contributed by atoms with Gasteiger partial charge in [0, 0.05) is 0 Å². The number of carbonyl (C=O) groups excluding carboxylic acids is 1. The summed E-state index contributed by atoms with van der Waals surface area (Å²) in [5.41, 5.74) is 3.84. The zero-order valence-electron chi connectivity index (χ0n) is 11.8. The van der Waals surface area contributed by atoms with Gasteiger partial charge in [-0.1, -0.05) is 18.2 Å². The van der Waals surface area contributed by atoms with Gasteiger partial charge in [0.15, 0.2) is 0 Å². The summed E-state index contributed by atoms with van der Waals surface area (Å²) in [5, 5.41) is 0. The van der Waals surface area contributed by atoms with Crippen LogP contribution in [0.2, 0.25) is 0 Å². The number of halogens is 1. The van der Waals surface area contributed by atoms with Crippen LogP contribution in [-0.4, -0.2) is 11.8 Å². The molecule has 1 aromatic carbocycles. The van der Waals surface area contributed by atoms with Crippen LogP contribution in [0, 0.1) is 13.8 Å². The molecule has 0 unspecified atom stereocenters. The minimum atomic E-state index is -0.232. The number of hydrogen-bond donors (Lipinski definition) is 1. The lowest BCUT2D eigenvalue weighted by Gasteiger charge is -2.30. The van der Waals surface area contributed by atoms with E-state index in [9.17, 15) is 4.79 Å². The van der Waals surface area contributed by atoms with E-state index >= 15 is 0 Å². The van der Waals surface area contributed by atoms with Gasteiger partial charge in [-0.2, -0.15) is 5.90 Å². The van der Waals surface area contributed by atoms with Gasteiger partial charge < -0.3 is 4.84 Å². The van der Waals surface area contributed by atoms with Crippen molar-refractivity contribution in [1.29, 1.82) is 0 Å². The molecule has 0 spiro atoms. The SMILES string of the molecule is Cc1cccc(C)c1N(C(=O)CCl)C(ON)=C1CCC1. The van der Waals surface area contributed by atoms with Gasteiger partial charge in [0.05, 0.1) is 5.69 Å². The maximum Gasteiger partial charge on any atom is 0.248 e. The molecule has 2 rings (SSSR count). The van der Waals surface area contributed by atoms with Crippen LogP contribution in [0.25, 0.3) is 0 Å². The number of allylic oxidation sites excluding steroid dienone is 1. The molecule has 1 aromatic rings. The number of hydrogen-bond acceptors (Lipinski definition) is 3. The molecule has 4 nitrogen and oxygen atoms in total. The molecule has 1 saturated carbocycles. The number of benzene rings is 1. The van der Waals surface area contributed by atoms with Crippen molar-refractivity contribution in [2.75, 3.05) is 10.8 Å². The van der Waals surface area contributed by atoms with Gasteiger partial charge in [-0.3, -0.25) is 4.79 Å². The fourth-order valence-electron chi connectivity index (χ4n) is 2.42. The van der Waals surface area contributed by atoms with Crippen molar-refractivity contribution in [2.24, 2.45) is 5.90 Å². The van der Waals surface area contributed by atoms with Crippen molar-refractivity contribution in [3.05, 3.63) is 40.8 Å². The fraction of sp³-hybridized carbons (Fsp3) is 0.400. The molecular formula is C15H19ClN2O2. The summed E-state index contributed by atoms with van der Waals surface area (Å²) < 4.78 is 0. The monoisotopic (exact) mass is 294 g/mol. The third-order valence-corrected chi connectivity index (χ3v) is 3.83. The Bertz CT molecular complexity index is 529. The molecule has 0 aliphatic heterocycles. The summed E-state index contributed by atoms with van der Waals surface area (Å²) in [6.07, 6.45) is 2.91. The summed E-state index contributed by atoms with van der Waals surface area (Å²) in [6.45, 7) is 3.91. The summed E-state index contributed by atoms with van der Waals surface area (Å²) in [4.78, 5) is 18.8. The minimum Gasteiger partial charge on any atom is -0.393 e. The highest BCUT2D eigenvalue weighted by Crippen LogP contribution is 2.35. The van der Waals surface area contributed by atoms with E-state index in [1.165, 1.54) is 4.90 Å². The Morgan fingerprint density at radius 2 is 1.95 bits per heavy atom. The summed E-state index contributed by atoms with van der Waals surface area (Å²) in [5.74, 6) is 5.50. The van der Waals surface area contributed by atoms with Crippen molar-refractivity contribution in [1.82, 2.24) is 0 Å². The Hall–Kier alpha value is -1.52. The Morgan fingerprint density at radius 3 is 2.35 bits per heavy atom. The number of rotatable bonds is 4. The largest absolute Gasteiger partial charge is 0.393 e. The topological polar surface area (TPSA) is 55.6 Å². The van der Waals surface area contributed by atoms with Gasteiger partial charge in [-0.25, -0.2) is 4.90 Å². The quantitative estimate of drug-likeness (QED) is 0.527. The molecule has 0 atom stereocenters. The second-order valence-corrected chi connectivity index (χ2v) is 5.25. The Balaban J connectivity index is 2.56. The molecule has 0 bridgehead atoms. The molecule has 1 fully saturated rings. The third-order valence-electron chi connectivity index (χ3n) is 3.60. The first-order chi connectivity index (χ1) is 9.60. The molecule has 5 heteroatoms. The van der Waals surface area contributed by atoms with Crippen LogP contribution in [0.3, 0.4) is 0 Å². The molecule has 1 aliphatic carbocycles. The second-order valence-electron chi connectivity index (χ2n) is 4.98. The lowest BCUT2D eigenvalue weighted by Crippen LogP contribution is -2.36. The molecule has 20 heavy (non-hydrogen) atoms. The third kappa shape index (κ3) is 2.67. The zero-order chi connectivity index (χ0) is 14.7. The molecule has 0 saturated heterocycles. The number of nitrogens with zero attached hydrogens (tertiary/aromatic N) is 1. The maximum absolute atomic E-state index is 12.3. The number of nitrogens with two attached hydrogens (primary N) is 1. The Kier molecular flexibility index (Phi) is 4.68. The minimum absolute atomic E-state index is 0.117. The average Bonchev–Trinajstić information content (AvgIpc) is 2.38. The van der Waals surface area contributed by atoms with E-state index in [-0.39, 0.29) is 11.8 Å². The molecular weight excluding hydrogens is 276 g/mol. The number of alkyl halides is 1. The summed E-state index contributed by atoms with van der Waals surface area (Å²) in [6, 6.07) is 5.86. The van der Waals surface area contributed by atoms with E-state index in [1.807, 2.05) is 32.0 Å². The van der Waals surface area contributed by atoms with Crippen molar-refractivity contribution in [2.45, 2.75) is 33.1 Å². The van der Waals surface area contributed by atoms with Crippen LogP contribution in [0.4, 0.5) is 5.69 Å². The lowest BCUT2D eigenvalue weighted by atomic mass is 9.92. The Morgan fingerprint density at radius 1 is 1.35 bits per heavy atom. The van der Waals surface area contributed by atoms with E-state index in [0.29, 0.717) is 5.88 Å². The standard InChI is InChI=1S/C15H19ClN2O2/c1-10-5-3-6-11(2)14(10)18(13(19)9-16)15(20-17)12-7-4-8-12/h3,5-6H,4,7-9,17H2,1-2H3. The van der Waals surface area contributed by atoms with Crippen LogP contribution in [0.1, 0.15) is 30.4 Å². The number of carbonyl (C=O) groups is 1. The first-order valence-electron chi connectivity index (χ1n) is 6.64. The normalized spacial score (nSPS) is 13.7. The average molecular weight is 295 g/mol. The number of amides is 1.